The Morgan fingerprint density at radius 3 is 3.00 bits per heavy atom. The lowest BCUT2D eigenvalue weighted by Gasteiger charge is -2.10. The van der Waals surface area contributed by atoms with Crippen LogP contribution in [0, 0.1) is 6.92 Å². The highest BCUT2D eigenvalue weighted by Gasteiger charge is 2.21. The van der Waals surface area contributed by atoms with Gasteiger partial charge in [0.25, 0.3) is 0 Å². The maximum absolute atomic E-state index is 5.63. The highest BCUT2D eigenvalue weighted by Crippen LogP contribution is 2.35. The number of aryl methyl sites for hydroxylation is 1. The van der Waals surface area contributed by atoms with Crippen LogP contribution >= 0.6 is 11.3 Å². The van der Waals surface area contributed by atoms with Crippen LogP contribution in [0.25, 0.3) is 38.8 Å². The molecule has 0 bridgehead atoms. The van der Waals surface area contributed by atoms with Gasteiger partial charge in [0.2, 0.25) is 0 Å². The second-order valence-corrected chi connectivity index (χ2v) is 8.43. The van der Waals surface area contributed by atoms with E-state index in [2.05, 4.69) is 27.1 Å². The molecule has 1 aliphatic heterocycles. The number of H-pyrrole nitrogens is 1. The Balaban J connectivity index is 1.54. The molecule has 0 radical (unpaired) electrons. The van der Waals surface area contributed by atoms with Gasteiger partial charge in [-0.15, -0.1) is 16.4 Å². The van der Waals surface area contributed by atoms with E-state index in [9.17, 15) is 0 Å². The van der Waals surface area contributed by atoms with Crippen molar-refractivity contribution in [2.24, 2.45) is 0 Å². The number of thiophene rings is 1. The van der Waals surface area contributed by atoms with Crippen molar-refractivity contribution in [3.63, 3.8) is 0 Å². The first kappa shape index (κ1) is 17.5. The number of aromatic nitrogens is 6. The van der Waals surface area contributed by atoms with Gasteiger partial charge in [0.05, 0.1) is 34.8 Å². The van der Waals surface area contributed by atoms with E-state index in [1.165, 1.54) is 10.4 Å². The smallest absolute Gasteiger partial charge is 0.183 e. The summed E-state index contributed by atoms with van der Waals surface area (Å²) >= 11 is 1.77. The number of ether oxygens (including phenoxy) is 1. The predicted octanol–water partition coefficient (Wildman–Crippen LogP) is 4.32. The molecule has 7 nitrogen and oxygen atoms in total. The van der Waals surface area contributed by atoms with Crippen molar-refractivity contribution in [3.8, 4) is 27.8 Å². The summed E-state index contributed by atoms with van der Waals surface area (Å²) in [5.41, 5.74) is 4.99. The SMILES string of the molecule is Cc1nc2ccc(-n3nc(-c4cccnc4)nc3-c3cc4c(s3)CCOC4)cc2[nH]1. The van der Waals surface area contributed by atoms with Crippen molar-refractivity contribution in [2.45, 2.75) is 20.0 Å². The number of nitrogens with one attached hydrogen (secondary N) is 1. The molecule has 0 amide bonds. The second kappa shape index (κ2) is 6.86. The van der Waals surface area contributed by atoms with E-state index in [0.717, 1.165) is 51.8 Å². The zero-order chi connectivity index (χ0) is 20.1. The molecule has 6 rings (SSSR count). The lowest BCUT2D eigenvalue weighted by atomic mass is 10.2. The summed E-state index contributed by atoms with van der Waals surface area (Å²) in [4.78, 5) is 19.4. The van der Waals surface area contributed by atoms with Crippen molar-refractivity contribution in [2.75, 3.05) is 6.61 Å². The standard InChI is InChI=1S/C22H18N6OS/c1-13-24-17-5-4-16(10-18(17)25-13)28-22(20-9-15-12-29-8-6-19(15)30-20)26-21(27-28)14-3-2-7-23-11-14/h2-5,7,9-11H,6,8,12H2,1H3,(H,24,25). The largest absolute Gasteiger partial charge is 0.376 e. The van der Waals surface area contributed by atoms with Gasteiger partial charge in [0.1, 0.15) is 5.82 Å². The Kier molecular flexibility index (Phi) is 4.00. The van der Waals surface area contributed by atoms with Crippen LogP contribution in [0.4, 0.5) is 0 Å². The molecule has 0 unspecified atom stereocenters. The predicted molar refractivity (Wildman–Crippen MR) is 116 cm³/mol. The summed E-state index contributed by atoms with van der Waals surface area (Å²) in [6.45, 7) is 3.39. The van der Waals surface area contributed by atoms with Gasteiger partial charge in [-0.25, -0.2) is 14.6 Å². The van der Waals surface area contributed by atoms with Crippen molar-refractivity contribution >= 4 is 22.4 Å². The molecule has 30 heavy (non-hydrogen) atoms. The maximum Gasteiger partial charge on any atom is 0.183 e. The number of pyridine rings is 1. The van der Waals surface area contributed by atoms with E-state index < -0.39 is 0 Å². The van der Waals surface area contributed by atoms with Crippen LogP contribution in [-0.2, 0) is 17.8 Å². The Morgan fingerprint density at radius 1 is 1.17 bits per heavy atom. The molecule has 8 heteroatoms. The van der Waals surface area contributed by atoms with Gasteiger partial charge in [-0.3, -0.25) is 4.98 Å². The molecular formula is C22H18N6OS. The van der Waals surface area contributed by atoms with E-state index in [-0.39, 0.29) is 0 Å². The van der Waals surface area contributed by atoms with Gasteiger partial charge < -0.3 is 9.72 Å². The van der Waals surface area contributed by atoms with E-state index in [1.54, 1.807) is 23.7 Å². The average Bonchev–Trinajstić information content (AvgIpc) is 3.48. The highest BCUT2D eigenvalue weighted by atomic mass is 32.1. The van der Waals surface area contributed by atoms with Crippen molar-refractivity contribution < 1.29 is 4.74 Å². The van der Waals surface area contributed by atoms with Crippen LogP contribution in [0.1, 0.15) is 16.3 Å². The molecule has 5 heterocycles. The molecule has 0 fully saturated rings. The van der Waals surface area contributed by atoms with Crippen molar-refractivity contribution in [1.82, 2.24) is 29.7 Å². The number of hydrogen-bond donors (Lipinski definition) is 1. The number of hydrogen-bond acceptors (Lipinski definition) is 6. The Morgan fingerprint density at radius 2 is 2.13 bits per heavy atom. The van der Waals surface area contributed by atoms with Crippen LogP contribution in [0.2, 0.25) is 0 Å². The Labute approximate surface area is 176 Å². The summed E-state index contributed by atoms with van der Waals surface area (Å²) in [6.07, 6.45) is 4.49. The first-order valence-corrected chi connectivity index (χ1v) is 10.6. The fraction of sp³-hybridized carbons (Fsp3) is 0.182. The van der Waals surface area contributed by atoms with Crippen LogP contribution < -0.4 is 0 Å². The molecule has 148 valence electrons. The molecule has 0 spiro atoms. The van der Waals surface area contributed by atoms with Crippen LogP contribution in [-0.4, -0.2) is 36.3 Å². The summed E-state index contributed by atoms with van der Waals surface area (Å²) < 4.78 is 7.54. The quantitative estimate of drug-likeness (QED) is 0.476. The molecule has 5 aromatic rings. The van der Waals surface area contributed by atoms with Gasteiger partial charge in [0.15, 0.2) is 11.6 Å². The number of imidazole rings is 1. The number of fused-ring (bicyclic) bond motifs is 2. The summed E-state index contributed by atoms with van der Waals surface area (Å²) in [5.74, 6) is 2.37. The van der Waals surface area contributed by atoms with Gasteiger partial charge in [-0.05, 0) is 48.9 Å². The maximum atomic E-state index is 5.63. The number of nitrogens with zero attached hydrogens (tertiary/aromatic N) is 5. The van der Waals surface area contributed by atoms with Gasteiger partial charge >= 0.3 is 0 Å². The van der Waals surface area contributed by atoms with Crippen LogP contribution in [0.3, 0.4) is 0 Å². The molecule has 0 saturated carbocycles. The topological polar surface area (TPSA) is 81.5 Å². The van der Waals surface area contributed by atoms with Crippen LogP contribution in [0.5, 0.6) is 0 Å². The van der Waals surface area contributed by atoms with Crippen LogP contribution in [0.15, 0.2) is 48.8 Å². The molecule has 1 N–H and O–H groups in total. The summed E-state index contributed by atoms with van der Waals surface area (Å²) in [7, 11) is 0. The fourth-order valence-corrected chi connectivity index (χ4v) is 4.91. The van der Waals surface area contributed by atoms with Gasteiger partial charge in [-0.1, -0.05) is 0 Å². The highest BCUT2D eigenvalue weighted by molar-refractivity contribution is 7.15. The molecule has 0 atom stereocenters. The third kappa shape index (κ3) is 2.92. The van der Waals surface area contributed by atoms with E-state index in [4.69, 9.17) is 14.8 Å². The molecular weight excluding hydrogens is 396 g/mol. The molecule has 0 aliphatic carbocycles. The summed E-state index contributed by atoms with van der Waals surface area (Å²) in [5, 5.41) is 4.85. The average molecular weight is 414 g/mol. The molecule has 1 aromatic carbocycles. The normalized spacial score (nSPS) is 13.6. The summed E-state index contributed by atoms with van der Waals surface area (Å²) in [6, 6.07) is 12.2. The van der Waals surface area contributed by atoms with E-state index in [0.29, 0.717) is 12.4 Å². The minimum atomic E-state index is 0.654. The fourth-order valence-electron chi connectivity index (χ4n) is 3.78. The third-order valence-electron chi connectivity index (χ3n) is 5.20. The van der Waals surface area contributed by atoms with Crippen molar-refractivity contribution in [3.05, 3.63) is 65.1 Å². The zero-order valence-electron chi connectivity index (χ0n) is 16.3. The molecule has 1 aliphatic rings. The minimum Gasteiger partial charge on any atom is -0.376 e. The van der Waals surface area contributed by atoms with E-state index in [1.807, 2.05) is 35.9 Å². The zero-order valence-corrected chi connectivity index (χ0v) is 17.1. The molecule has 4 aromatic heterocycles. The first-order valence-electron chi connectivity index (χ1n) is 9.78. The Bertz CT molecular complexity index is 1340. The van der Waals surface area contributed by atoms with Gasteiger partial charge in [0, 0.05) is 29.3 Å². The van der Waals surface area contributed by atoms with Gasteiger partial charge in [-0.2, -0.15) is 0 Å². The third-order valence-corrected chi connectivity index (χ3v) is 6.44. The van der Waals surface area contributed by atoms with Crippen molar-refractivity contribution in [1.29, 1.82) is 0 Å². The molecule has 0 saturated heterocycles. The number of aromatic amines is 1. The minimum absolute atomic E-state index is 0.654. The number of benzene rings is 1. The van der Waals surface area contributed by atoms with E-state index >= 15 is 0 Å². The number of rotatable bonds is 3. The lowest BCUT2D eigenvalue weighted by Crippen LogP contribution is -2.05. The second-order valence-electron chi connectivity index (χ2n) is 7.30. The first-order chi connectivity index (χ1) is 14.7. The lowest BCUT2D eigenvalue weighted by molar-refractivity contribution is 0.112. The Hall–Kier alpha value is -3.36. The monoisotopic (exact) mass is 414 g/mol.